The van der Waals surface area contributed by atoms with Gasteiger partial charge in [0.15, 0.2) is 0 Å². The lowest BCUT2D eigenvalue weighted by atomic mass is 9.73. The summed E-state index contributed by atoms with van der Waals surface area (Å²) in [6, 6.07) is 3.13. The molecule has 21 heavy (non-hydrogen) atoms. The number of aliphatic hydroxyl groups excluding tert-OH is 1. The fourth-order valence-corrected chi connectivity index (χ4v) is 3.39. The molecule has 1 aliphatic rings. The summed E-state index contributed by atoms with van der Waals surface area (Å²) in [5, 5.41) is 10.4. The third kappa shape index (κ3) is 3.39. The first kappa shape index (κ1) is 16.3. The standard InChI is InChI=1S/C16H20F4O/c1-2-10-6-3-4-7-11(10)15(21)12-8-5-9-13(14(12)17)16(18,19)20/h5,8-11,15,21H,2-4,6-7H2,1H3. The normalized spacial score (nSPS) is 24.9. The van der Waals surface area contributed by atoms with Crippen molar-refractivity contribution in [2.24, 2.45) is 11.8 Å². The SMILES string of the molecule is CCC1CCCCC1C(O)c1cccc(C(F)(F)F)c1F. The van der Waals surface area contributed by atoms with Crippen LogP contribution in [-0.4, -0.2) is 5.11 Å². The van der Waals surface area contributed by atoms with E-state index in [0.717, 1.165) is 38.2 Å². The van der Waals surface area contributed by atoms with Gasteiger partial charge in [0.1, 0.15) is 5.82 Å². The quantitative estimate of drug-likeness (QED) is 0.771. The van der Waals surface area contributed by atoms with Crippen LogP contribution in [0, 0.1) is 17.7 Å². The highest BCUT2D eigenvalue weighted by Gasteiger charge is 2.38. The minimum absolute atomic E-state index is 0.165. The van der Waals surface area contributed by atoms with E-state index in [1.165, 1.54) is 6.07 Å². The van der Waals surface area contributed by atoms with E-state index in [-0.39, 0.29) is 17.4 Å². The van der Waals surface area contributed by atoms with E-state index in [1.54, 1.807) is 0 Å². The number of halogens is 4. The van der Waals surface area contributed by atoms with E-state index in [1.807, 2.05) is 6.92 Å². The van der Waals surface area contributed by atoms with Crippen molar-refractivity contribution in [2.45, 2.75) is 51.3 Å². The fraction of sp³-hybridized carbons (Fsp3) is 0.625. The molecule has 0 amide bonds. The Morgan fingerprint density at radius 2 is 1.90 bits per heavy atom. The van der Waals surface area contributed by atoms with Crippen molar-refractivity contribution < 1.29 is 22.7 Å². The Balaban J connectivity index is 2.32. The molecule has 0 bridgehead atoms. The molecule has 0 heterocycles. The molecular formula is C16H20F4O. The number of rotatable bonds is 3. The van der Waals surface area contributed by atoms with Gasteiger partial charge in [0, 0.05) is 5.56 Å². The highest BCUT2D eigenvalue weighted by Crippen LogP contribution is 2.42. The van der Waals surface area contributed by atoms with Crippen molar-refractivity contribution in [1.82, 2.24) is 0 Å². The van der Waals surface area contributed by atoms with Crippen molar-refractivity contribution in [3.8, 4) is 0 Å². The van der Waals surface area contributed by atoms with E-state index in [9.17, 15) is 22.7 Å². The molecule has 1 nitrogen and oxygen atoms in total. The number of alkyl halides is 3. The molecule has 1 N–H and O–H groups in total. The van der Waals surface area contributed by atoms with E-state index >= 15 is 0 Å². The largest absolute Gasteiger partial charge is 0.419 e. The molecular weight excluding hydrogens is 284 g/mol. The summed E-state index contributed by atoms with van der Waals surface area (Å²) >= 11 is 0. The topological polar surface area (TPSA) is 20.2 Å². The average Bonchev–Trinajstić information content (AvgIpc) is 2.45. The Bertz CT molecular complexity index is 484. The van der Waals surface area contributed by atoms with Gasteiger partial charge in [-0.2, -0.15) is 13.2 Å². The van der Waals surface area contributed by atoms with Crippen LogP contribution in [0.2, 0.25) is 0 Å². The van der Waals surface area contributed by atoms with Gasteiger partial charge in [-0.3, -0.25) is 0 Å². The van der Waals surface area contributed by atoms with Crippen LogP contribution in [0.15, 0.2) is 18.2 Å². The molecule has 0 saturated heterocycles. The van der Waals surface area contributed by atoms with Crippen LogP contribution in [0.3, 0.4) is 0 Å². The maximum Gasteiger partial charge on any atom is 0.419 e. The molecule has 1 saturated carbocycles. The Kier molecular flexibility index (Phi) is 4.91. The molecule has 0 aliphatic heterocycles. The zero-order chi connectivity index (χ0) is 15.6. The van der Waals surface area contributed by atoms with Crippen LogP contribution in [0.1, 0.15) is 56.3 Å². The van der Waals surface area contributed by atoms with Gasteiger partial charge in [-0.1, -0.05) is 44.7 Å². The van der Waals surface area contributed by atoms with Crippen LogP contribution < -0.4 is 0 Å². The van der Waals surface area contributed by atoms with Gasteiger partial charge in [0.25, 0.3) is 0 Å². The maximum atomic E-state index is 14.1. The van der Waals surface area contributed by atoms with Gasteiger partial charge in [-0.15, -0.1) is 0 Å². The third-order valence-electron chi connectivity index (χ3n) is 4.55. The summed E-state index contributed by atoms with van der Waals surface area (Å²) in [5.74, 6) is -1.26. The lowest BCUT2D eigenvalue weighted by molar-refractivity contribution is -0.140. The molecule has 1 aromatic rings. The smallest absolute Gasteiger partial charge is 0.388 e. The summed E-state index contributed by atoms with van der Waals surface area (Å²) in [5.41, 5.74) is -1.53. The van der Waals surface area contributed by atoms with Crippen molar-refractivity contribution in [1.29, 1.82) is 0 Å². The van der Waals surface area contributed by atoms with Crippen molar-refractivity contribution in [3.63, 3.8) is 0 Å². The van der Waals surface area contributed by atoms with Crippen LogP contribution in [0.5, 0.6) is 0 Å². The van der Waals surface area contributed by atoms with Gasteiger partial charge in [-0.25, -0.2) is 4.39 Å². The molecule has 1 aliphatic carbocycles. The molecule has 0 aromatic heterocycles. The Morgan fingerprint density at radius 3 is 2.52 bits per heavy atom. The first-order valence-electron chi connectivity index (χ1n) is 7.40. The molecule has 5 heteroatoms. The van der Waals surface area contributed by atoms with Crippen LogP contribution in [0.25, 0.3) is 0 Å². The van der Waals surface area contributed by atoms with Gasteiger partial charge < -0.3 is 5.11 Å². The predicted molar refractivity (Wildman–Crippen MR) is 72.1 cm³/mol. The van der Waals surface area contributed by atoms with E-state index in [0.29, 0.717) is 6.07 Å². The van der Waals surface area contributed by atoms with Crippen LogP contribution >= 0.6 is 0 Å². The van der Waals surface area contributed by atoms with E-state index < -0.39 is 23.7 Å². The van der Waals surface area contributed by atoms with Gasteiger partial charge in [0.05, 0.1) is 11.7 Å². The van der Waals surface area contributed by atoms with Gasteiger partial charge >= 0.3 is 6.18 Å². The second kappa shape index (κ2) is 6.34. The minimum atomic E-state index is -4.74. The molecule has 0 spiro atoms. The molecule has 3 unspecified atom stereocenters. The molecule has 118 valence electrons. The van der Waals surface area contributed by atoms with Crippen molar-refractivity contribution in [3.05, 3.63) is 35.1 Å². The van der Waals surface area contributed by atoms with E-state index in [2.05, 4.69) is 0 Å². The number of hydrogen-bond acceptors (Lipinski definition) is 1. The number of hydrogen-bond donors (Lipinski definition) is 1. The Morgan fingerprint density at radius 1 is 1.24 bits per heavy atom. The zero-order valence-corrected chi connectivity index (χ0v) is 12.0. The first-order chi connectivity index (χ1) is 9.86. The first-order valence-corrected chi connectivity index (χ1v) is 7.40. The summed E-state index contributed by atoms with van der Waals surface area (Å²) < 4.78 is 52.4. The molecule has 1 fully saturated rings. The predicted octanol–water partition coefficient (Wildman–Crippen LogP) is 5.09. The Hall–Kier alpha value is -1.10. The third-order valence-corrected chi connectivity index (χ3v) is 4.55. The van der Waals surface area contributed by atoms with Crippen LogP contribution in [-0.2, 0) is 6.18 Å². The molecule has 1 aromatic carbocycles. The number of aliphatic hydroxyl groups is 1. The minimum Gasteiger partial charge on any atom is -0.388 e. The number of benzene rings is 1. The molecule has 2 rings (SSSR count). The van der Waals surface area contributed by atoms with Gasteiger partial charge in [-0.05, 0) is 24.3 Å². The average molecular weight is 304 g/mol. The monoisotopic (exact) mass is 304 g/mol. The summed E-state index contributed by atoms with van der Waals surface area (Å²) in [7, 11) is 0. The van der Waals surface area contributed by atoms with E-state index in [4.69, 9.17) is 0 Å². The summed E-state index contributed by atoms with van der Waals surface area (Å²) in [6.45, 7) is 2.00. The van der Waals surface area contributed by atoms with Gasteiger partial charge in [0.2, 0.25) is 0 Å². The zero-order valence-electron chi connectivity index (χ0n) is 12.0. The second-order valence-corrected chi connectivity index (χ2v) is 5.77. The highest BCUT2D eigenvalue weighted by atomic mass is 19.4. The summed E-state index contributed by atoms with van der Waals surface area (Å²) in [4.78, 5) is 0. The fourth-order valence-electron chi connectivity index (χ4n) is 3.39. The van der Waals surface area contributed by atoms with Crippen LogP contribution in [0.4, 0.5) is 17.6 Å². The molecule has 3 atom stereocenters. The lowest BCUT2D eigenvalue weighted by Crippen LogP contribution is -2.26. The Labute approximate surface area is 122 Å². The molecule has 0 radical (unpaired) electrons. The maximum absolute atomic E-state index is 14.1. The van der Waals surface area contributed by atoms with Crippen molar-refractivity contribution in [2.75, 3.05) is 0 Å². The summed E-state index contributed by atoms with van der Waals surface area (Å²) in [6.07, 6.45) is -1.39. The van der Waals surface area contributed by atoms with Crippen molar-refractivity contribution >= 4 is 0 Å². The highest BCUT2D eigenvalue weighted by molar-refractivity contribution is 5.30. The second-order valence-electron chi connectivity index (χ2n) is 5.77. The lowest BCUT2D eigenvalue weighted by Gasteiger charge is -2.34.